The molecule has 1 aliphatic carbocycles. The molecule has 0 saturated heterocycles. The van der Waals surface area contributed by atoms with Gasteiger partial charge in [-0.2, -0.15) is 0 Å². The average Bonchev–Trinajstić information content (AvgIpc) is 3.02. The lowest BCUT2D eigenvalue weighted by molar-refractivity contribution is 0.556. The normalized spacial score (nSPS) is 12.2. The molecule has 25 heavy (non-hydrogen) atoms. The van der Waals surface area contributed by atoms with E-state index < -0.39 is 0 Å². The first-order valence-corrected chi connectivity index (χ1v) is 10.5. The van der Waals surface area contributed by atoms with Gasteiger partial charge in [-0.25, -0.2) is 0 Å². The minimum Gasteiger partial charge on any atom is -0.0654 e. The second-order valence-electron chi connectivity index (χ2n) is 7.54. The molecule has 0 saturated carbocycles. The Kier molecular flexibility index (Phi) is 7.15. The summed E-state index contributed by atoms with van der Waals surface area (Å²) in [6.07, 6.45) is 17.6. The third-order valence-corrected chi connectivity index (χ3v) is 5.52. The summed E-state index contributed by atoms with van der Waals surface area (Å²) in [5.41, 5.74) is 7.26. The third kappa shape index (κ3) is 4.97. The summed E-state index contributed by atoms with van der Waals surface area (Å²) in [5.74, 6) is 0. The molecule has 0 N–H and O–H groups in total. The Bertz CT molecular complexity index is 653. The van der Waals surface area contributed by atoms with Crippen molar-refractivity contribution >= 4 is 0 Å². The van der Waals surface area contributed by atoms with E-state index in [2.05, 4.69) is 55.8 Å². The highest BCUT2D eigenvalue weighted by molar-refractivity contribution is 5.83. The van der Waals surface area contributed by atoms with Crippen LogP contribution in [0.25, 0.3) is 11.1 Å². The lowest BCUT2D eigenvalue weighted by atomic mass is 9.95. The molecule has 2 aromatic rings. The van der Waals surface area contributed by atoms with Gasteiger partial charge in [0, 0.05) is 6.42 Å². The summed E-state index contributed by atoms with van der Waals surface area (Å²) in [4.78, 5) is 0. The first-order valence-electron chi connectivity index (χ1n) is 10.5. The van der Waals surface area contributed by atoms with E-state index >= 15 is 0 Å². The van der Waals surface area contributed by atoms with E-state index in [0.717, 1.165) is 0 Å². The highest BCUT2D eigenvalue weighted by Gasteiger charge is 2.20. The van der Waals surface area contributed by atoms with Gasteiger partial charge in [0.15, 0.2) is 0 Å². The number of benzene rings is 2. The standard InChI is InChI=1S/C25H33/c1-2-3-4-5-6-7-8-9-10-11-15-21-17-14-18-23-20-22-16-12-13-19-24(22)25(21)23/h12-14,16-20H,2-11,15H2,1H3. The van der Waals surface area contributed by atoms with Crippen molar-refractivity contribution < 1.29 is 0 Å². The van der Waals surface area contributed by atoms with Gasteiger partial charge in [0.05, 0.1) is 0 Å². The van der Waals surface area contributed by atoms with Gasteiger partial charge in [0.1, 0.15) is 0 Å². The molecule has 0 unspecified atom stereocenters. The van der Waals surface area contributed by atoms with E-state index in [4.69, 9.17) is 0 Å². The number of hydrogen-bond donors (Lipinski definition) is 0. The maximum Gasteiger partial charge on any atom is 0.0212 e. The molecule has 0 atom stereocenters. The summed E-state index contributed by atoms with van der Waals surface area (Å²) in [6.45, 7) is 2.29. The Balaban J connectivity index is 1.40. The number of unbranched alkanes of at least 4 members (excludes halogenated alkanes) is 9. The molecule has 0 aromatic heterocycles. The molecule has 0 spiro atoms. The largest absolute Gasteiger partial charge is 0.0654 e. The summed E-state index contributed by atoms with van der Waals surface area (Å²) in [7, 11) is 0. The molecule has 0 nitrogen and oxygen atoms in total. The van der Waals surface area contributed by atoms with E-state index in [1.807, 2.05) is 0 Å². The number of fused-ring (bicyclic) bond motifs is 3. The van der Waals surface area contributed by atoms with Crippen molar-refractivity contribution in [1.82, 2.24) is 0 Å². The summed E-state index contributed by atoms with van der Waals surface area (Å²) < 4.78 is 0. The summed E-state index contributed by atoms with van der Waals surface area (Å²) >= 11 is 0. The van der Waals surface area contributed by atoms with Crippen LogP contribution in [-0.2, 0) is 6.42 Å². The van der Waals surface area contributed by atoms with Gasteiger partial charge in [0.25, 0.3) is 0 Å². The third-order valence-electron chi connectivity index (χ3n) is 5.52. The molecule has 0 amide bonds. The molecule has 0 fully saturated rings. The zero-order chi connectivity index (χ0) is 17.3. The molecule has 0 heterocycles. The van der Waals surface area contributed by atoms with Gasteiger partial charge < -0.3 is 0 Å². The van der Waals surface area contributed by atoms with Crippen LogP contribution in [0.1, 0.15) is 87.8 Å². The lowest BCUT2D eigenvalue weighted by Crippen LogP contribution is -1.91. The molecule has 0 bridgehead atoms. The van der Waals surface area contributed by atoms with Gasteiger partial charge in [0.2, 0.25) is 0 Å². The Morgan fingerprint density at radius 2 is 1.24 bits per heavy atom. The average molecular weight is 334 g/mol. The van der Waals surface area contributed by atoms with E-state index in [9.17, 15) is 0 Å². The second kappa shape index (κ2) is 9.80. The molecule has 0 heteroatoms. The molecular weight excluding hydrogens is 300 g/mol. The zero-order valence-electron chi connectivity index (χ0n) is 15.9. The van der Waals surface area contributed by atoms with Crippen LogP contribution in [0.4, 0.5) is 0 Å². The van der Waals surface area contributed by atoms with Gasteiger partial charge in [-0.3, -0.25) is 0 Å². The Morgan fingerprint density at radius 3 is 2.00 bits per heavy atom. The summed E-state index contributed by atoms with van der Waals surface area (Å²) in [6, 6.07) is 15.6. The minimum atomic E-state index is 1.22. The monoisotopic (exact) mass is 333 g/mol. The second-order valence-corrected chi connectivity index (χ2v) is 7.54. The van der Waals surface area contributed by atoms with Crippen molar-refractivity contribution in [3.05, 3.63) is 65.6 Å². The molecule has 3 rings (SSSR count). The van der Waals surface area contributed by atoms with Gasteiger partial charge in [-0.05, 0) is 40.7 Å². The van der Waals surface area contributed by atoms with E-state index in [-0.39, 0.29) is 0 Å². The highest BCUT2D eigenvalue weighted by atomic mass is 14.2. The van der Waals surface area contributed by atoms with Crippen molar-refractivity contribution in [3.8, 4) is 11.1 Å². The fourth-order valence-electron chi connectivity index (χ4n) is 4.10. The van der Waals surface area contributed by atoms with E-state index in [1.165, 1.54) is 92.9 Å². The Labute approximate surface area is 154 Å². The van der Waals surface area contributed by atoms with Crippen LogP contribution in [0.15, 0.2) is 42.5 Å². The van der Waals surface area contributed by atoms with Crippen LogP contribution in [0, 0.1) is 6.42 Å². The molecule has 1 radical (unpaired) electrons. The van der Waals surface area contributed by atoms with Gasteiger partial charge >= 0.3 is 0 Å². The SMILES string of the molecule is CCCCCCCCCCCCc1cccc2c1-c1ccccc1[CH]2. The first-order chi connectivity index (χ1) is 12.4. The van der Waals surface area contributed by atoms with Crippen LogP contribution in [0.3, 0.4) is 0 Å². The molecular formula is C25H33. The highest BCUT2D eigenvalue weighted by Crippen LogP contribution is 2.40. The van der Waals surface area contributed by atoms with Crippen LogP contribution in [-0.4, -0.2) is 0 Å². The van der Waals surface area contributed by atoms with E-state index in [1.54, 1.807) is 5.56 Å². The lowest BCUT2D eigenvalue weighted by Gasteiger charge is -2.10. The van der Waals surface area contributed by atoms with E-state index in [0.29, 0.717) is 0 Å². The smallest absolute Gasteiger partial charge is 0.0212 e. The topological polar surface area (TPSA) is 0 Å². The van der Waals surface area contributed by atoms with Crippen molar-refractivity contribution in [2.45, 2.75) is 77.6 Å². The Hall–Kier alpha value is -1.56. The predicted molar refractivity (Wildman–Crippen MR) is 110 cm³/mol. The van der Waals surface area contributed by atoms with Crippen molar-refractivity contribution in [1.29, 1.82) is 0 Å². The number of rotatable bonds is 11. The molecule has 0 aliphatic heterocycles. The summed E-state index contributed by atoms with van der Waals surface area (Å²) in [5, 5.41) is 0. The fraction of sp³-hybridized carbons (Fsp3) is 0.480. The number of hydrogen-bond acceptors (Lipinski definition) is 0. The van der Waals surface area contributed by atoms with Crippen LogP contribution in [0.5, 0.6) is 0 Å². The van der Waals surface area contributed by atoms with Gasteiger partial charge in [-0.15, -0.1) is 0 Å². The van der Waals surface area contributed by atoms with Crippen molar-refractivity contribution in [2.75, 3.05) is 0 Å². The fourth-order valence-corrected chi connectivity index (χ4v) is 4.10. The first kappa shape index (κ1) is 18.2. The van der Waals surface area contributed by atoms with Crippen molar-refractivity contribution in [2.24, 2.45) is 0 Å². The van der Waals surface area contributed by atoms with Gasteiger partial charge in [-0.1, -0.05) is 107 Å². The maximum absolute atomic E-state index is 2.34. The Morgan fingerprint density at radius 1 is 0.600 bits per heavy atom. The maximum atomic E-state index is 2.34. The van der Waals surface area contributed by atoms with Crippen LogP contribution >= 0.6 is 0 Å². The number of aryl methyl sites for hydroxylation is 1. The van der Waals surface area contributed by atoms with Crippen LogP contribution < -0.4 is 0 Å². The van der Waals surface area contributed by atoms with Crippen LogP contribution in [0.2, 0.25) is 0 Å². The molecule has 1 aliphatic rings. The van der Waals surface area contributed by atoms with Crippen molar-refractivity contribution in [3.63, 3.8) is 0 Å². The predicted octanol–water partition coefficient (Wildman–Crippen LogP) is 7.73. The molecule has 2 aromatic carbocycles. The quantitative estimate of drug-likeness (QED) is 0.315. The minimum absolute atomic E-state index is 1.22. The zero-order valence-corrected chi connectivity index (χ0v) is 15.9. The molecule has 133 valence electrons.